The molecule has 2 heterocycles. The fourth-order valence-electron chi connectivity index (χ4n) is 2.79. The number of anilines is 1. The summed E-state index contributed by atoms with van der Waals surface area (Å²) in [6.45, 7) is 2.27. The largest absolute Gasteiger partial charge is 0.301 e. The summed E-state index contributed by atoms with van der Waals surface area (Å²) in [6.07, 6.45) is 3.31. The summed E-state index contributed by atoms with van der Waals surface area (Å²) in [5.74, 6) is 1.06. The molecule has 1 atom stereocenters. The number of carbonyl (C=O) groups excluding carboxylic acids is 1. The number of para-hydroxylation sites is 1. The predicted octanol–water partition coefficient (Wildman–Crippen LogP) is 4.61. The third-order valence-corrected chi connectivity index (χ3v) is 7.25. The molecule has 24 heavy (non-hydrogen) atoms. The van der Waals surface area contributed by atoms with E-state index in [0.29, 0.717) is 5.75 Å². The molecule has 0 spiro atoms. The molecule has 0 aliphatic heterocycles. The monoisotopic (exact) mass is 375 g/mol. The van der Waals surface area contributed by atoms with Crippen molar-refractivity contribution < 1.29 is 4.79 Å². The van der Waals surface area contributed by atoms with E-state index in [2.05, 4.69) is 28.3 Å². The van der Waals surface area contributed by atoms with Crippen LogP contribution in [0.4, 0.5) is 5.13 Å². The van der Waals surface area contributed by atoms with Crippen molar-refractivity contribution in [3.05, 3.63) is 34.8 Å². The zero-order chi connectivity index (χ0) is 16.5. The van der Waals surface area contributed by atoms with E-state index in [1.165, 1.54) is 28.8 Å². The first-order valence-electron chi connectivity index (χ1n) is 7.94. The molecule has 0 radical (unpaired) electrons. The van der Waals surface area contributed by atoms with E-state index < -0.39 is 0 Å². The number of aromatic nitrogens is 2. The maximum absolute atomic E-state index is 12.2. The number of nitrogens with one attached hydrogen (secondary N) is 1. The lowest BCUT2D eigenvalue weighted by molar-refractivity contribution is -0.113. The average Bonchev–Trinajstić information content (AvgIpc) is 3.15. The standard InChI is InChI=1S/C17H17N3OS3/c1-10-6-7-12-14(8-10)23-16(18-12)20-15(21)9-22-17-19-11-4-2-3-5-13(11)24-17/h2-5,10H,6-9H2,1H3,(H,18,20,21). The molecule has 4 rings (SSSR count). The maximum atomic E-state index is 12.2. The summed E-state index contributed by atoms with van der Waals surface area (Å²) in [5.41, 5.74) is 2.17. The van der Waals surface area contributed by atoms with Gasteiger partial charge in [-0.3, -0.25) is 4.79 Å². The Bertz CT molecular complexity index is 853. The van der Waals surface area contributed by atoms with Gasteiger partial charge in [-0.2, -0.15) is 0 Å². The second-order valence-electron chi connectivity index (χ2n) is 6.02. The van der Waals surface area contributed by atoms with Gasteiger partial charge in [-0.25, -0.2) is 9.97 Å². The van der Waals surface area contributed by atoms with Crippen molar-refractivity contribution >= 4 is 55.7 Å². The smallest absolute Gasteiger partial charge is 0.236 e. The van der Waals surface area contributed by atoms with Crippen LogP contribution in [0.1, 0.15) is 23.9 Å². The molecule has 7 heteroatoms. The number of benzene rings is 1. The lowest BCUT2D eigenvalue weighted by Crippen LogP contribution is -2.13. The van der Waals surface area contributed by atoms with Crippen LogP contribution in [0, 0.1) is 5.92 Å². The third-order valence-electron chi connectivity index (χ3n) is 4.03. The second-order valence-corrected chi connectivity index (χ2v) is 9.36. The second kappa shape index (κ2) is 6.82. The summed E-state index contributed by atoms with van der Waals surface area (Å²) in [6, 6.07) is 8.04. The van der Waals surface area contributed by atoms with Gasteiger partial charge in [0.25, 0.3) is 0 Å². The Morgan fingerprint density at radius 2 is 2.21 bits per heavy atom. The van der Waals surface area contributed by atoms with Crippen molar-refractivity contribution in [1.29, 1.82) is 0 Å². The van der Waals surface area contributed by atoms with Crippen LogP contribution >= 0.6 is 34.4 Å². The van der Waals surface area contributed by atoms with Crippen molar-refractivity contribution in [2.24, 2.45) is 5.92 Å². The first kappa shape index (κ1) is 16.1. The maximum Gasteiger partial charge on any atom is 0.236 e. The van der Waals surface area contributed by atoms with Gasteiger partial charge in [0.05, 0.1) is 21.7 Å². The lowest BCUT2D eigenvalue weighted by Gasteiger charge is -2.15. The highest BCUT2D eigenvalue weighted by Crippen LogP contribution is 2.33. The summed E-state index contributed by atoms with van der Waals surface area (Å²) in [4.78, 5) is 22.6. The Hall–Kier alpha value is -1.44. The molecule has 3 aromatic rings. The Kier molecular flexibility index (Phi) is 4.56. The van der Waals surface area contributed by atoms with E-state index in [-0.39, 0.29) is 5.91 Å². The Balaban J connectivity index is 1.36. The third kappa shape index (κ3) is 3.48. The number of nitrogens with zero attached hydrogens (tertiary/aromatic N) is 2. The summed E-state index contributed by atoms with van der Waals surface area (Å²) in [7, 11) is 0. The fourth-order valence-corrected chi connectivity index (χ4v) is 5.84. The average molecular weight is 376 g/mol. The zero-order valence-electron chi connectivity index (χ0n) is 13.2. The normalized spacial score (nSPS) is 17.0. The summed E-state index contributed by atoms with van der Waals surface area (Å²) in [5, 5.41) is 3.68. The van der Waals surface area contributed by atoms with Crippen LogP contribution in [-0.2, 0) is 17.6 Å². The molecule has 0 fully saturated rings. The predicted molar refractivity (Wildman–Crippen MR) is 102 cm³/mol. The Labute approximate surface area is 152 Å². The zero-order valence-corrected chi connectivity index (χ0v) is 15.7. The van der Waals surface area contributed by atoms with Crippen molar-refractivity contribution in [2.75, 3.05) is 11.1 Å². The van der Waals surface area contributed by atoms with E-state index in [1.807, 2.05) is 18.2 Å². The number of hydrogen-bond donors (Lipinski definition) is 1. The molecule has 0 saturated carbocycles. The van der Waals surface area contributed by atoms with Crippen molar-refractivity contribution in [2.45, 2.75) is 30.5 Å². The van der Waals surface area contributed by atoms with Crippen molar-refractivity contribution in [3.8, 4) is 0 Å². The molecule has 0 saturated heterocycles. The van der Waals surface area contributed by atoms with Gasteiger partial charge in [-0.1, -0.05) is 30.8 Å². The van der Waals surface area contributed by atoms with Gasteiger partial charge in [0.15, 0.2) is 9.47 Å². The van der Waals surface area contributed by atoms with Crippen LogP contribution in [0.15, 0.2) is 28.6 Å². The van der Waals surface area contributed by atoms with E-state index >= 15 is 0 Å². The number of fused-ring (bicyclic) bond motifs is 2. The van der Waals surface area contributed by atoms with Gasteiger partial charge in [-0.05, 0) is 37.3 Å². The van der Waals surface area contributed by atoms with Crippen LogP contribution in [0.5, 0.6) is 0 Å². The van der Waals surface area contributed by atoms with Crippen molar-refractivity contribution in [1.82, 2.24) is 9.97 Å². The molecule has 1 unspecified atom stereocenters. The molecule has 1 aromatic carbocycles. The van der Waals surface area contributed by atoms with E-state index in [1.54, 1.807) is 22.7 Å². The number of aryl methyl sites for hydroxylation is 1. The van der Waals surface area contributed by atoms with Gasteiger partial charge in [-0.15, -0.1) is 22.7 Å². The number of carbonyl (C=O) groups is 1. The molecular formula is C17H17N3OS3. The van der Waals surface area contributed by atoms with Gasteiger partial charge in [0.2, 0.25) is 5.91 Å². The first-order chi connectivity index (χ1) is 11.7. The Morgan fingerprint density at radius 1 is 1.33 bits per heavy atom. The van der Waals surface area contributed by atoms with E-state index in [9.17, 15) is 4.79 Å². The number of thioether (sulfide) groups is 1. The van der Waals surface area contributed by atoms with Crippen molar-refractivity contribution in [3.63, 3.8) is 0 Å². The molecule has 1 N–H and O–H groups in total. The topological polar surface area (TPSA) is 54.9 Å². The minimum absolute atomic E-state index is 0.0154. The molecule has 0 bridgehead atoms. The van der Waals surface area contributed by atoms with Crippen LogP contribution in [0.25, 0.3) is 10.2 Å². The Morgan fingerprint density at radius 3 is 3.08 bits per heavy atom. The van der Waals surface area contributed by atoms with Crippen LogP contribution in [0.3, 0.4) is 0 Å². The minimum Gasteiger partial charge on any atom is -0.301 e. The fraction of sp³-hybridized carbons (Fsp3) is 0.353. The molecule has 1 aliphatic rings. The molecule has 124 valence electrons. The number of rotatable bonds is 4. The minimum atomic E-state index is -0.0154. The van der Waals surface area contributed by atoms with Crippen LogP contribution in [0.2, 0.25) is 0 Å². The van der Waals surface area contributed by atoms with E-state index in [4.69, 9.17) is 0 Å². The molecular weight excluding hydrogens is 358 g/mol. The van der Waals surface area contributed by atoms with Gasteiger partial charge < -0.3 is 5.32 Å². The summed E-state index contributed by atoms with van der Waals surface area (Å²) < 4.78 is 2.08. The molecule has 2 aromatic heterocycles. The lowest BCUT2D eigenvalue weighted by atomic mass is 9.93. The number of hydrogen-bond acceptors (Lipinski definition) is 6. The van der Waals surface area contributed by atoms with Crippen LogP contribution < -0.4 is 5.32 Å². The first-order valence-corrected chi connectivity index (χ1v) is 10.6. The highest BCUT2D eigenvalue weighted by molar-refractivity contribution is 8.01. The van der Waals surface area contributed by atoms with E-state index in [0.717, 1.165) is 38.4 Å². The highest BCUT2D eigenvalue weighted by Gasteiger charge is 2.20. The quantitative estimate of drug-likeness (QED) is 0.677. The highest BCUT2D eigenvalue weighted by atomic mass is 32.2. The van der Waals surface area contributed by atoms with Gasteiger partial charge in [0, 0.05) is 4.88 Å². The van der Waals surface area contributed by atoms with Gasteiger partial charge >= 0.3 is 0 Å². The molecule has 4 nitrogen and oxygen atoms in total. The van der Waals surface area contributed by atoms with Crippen LogP contribution in [-0.4, -0.2) is 21.6 Å². The number of thiazole rings is 2. The summed E-state index contributed by atoms with van der Waals surface area (Å²) >= 11 is 4.74. The molecule has 1 amide bonds. The SMILES string of the molecule is CC1CCc2nc(NC(=O)CSc3nc4ccccc4s3)sc2C1. The number of amides is 1. The van der Waals surface area contributed by atoms with Gasteiger partial charge in [0.1, 0.15) is 0 Å². The molecule has 1 aliphatic carbocycles.